The number of nitrogens with zero attached hydrogens (tertiary/aromatic N) is 4. The third kappa shape index (κ3) is 4.43. The van der Waals surface area contributed by atoms with E-state index < -0.39 is 0 Å². The van der Waals surface area contributed by atoms with Gasteiger partial charge in [-0.15, -0.1) is 10.2 Å². The molecule has 0 bridgehead atoms. The number of carbonyl (C=O) groups excluding carboxylic acids is 1. The molecule has 1 heterocycles. The van der Waals surface area contributed by atoms with Gasteiger partial charge in [-0.05, 0) is 54.6 Å². The van der Waals surface area contributed by atoms with Gasteiger partial charge >= 0.3 is 0 Å². The van der Waals surface area contributed by atoms with Crippen LogP contribution >= 0.6 is 0 Å². The van der Waals surface area contributed by atoms with E-state index in [4.69, 9.17) is 9.47 Å². The van der Waals surface area contributed by atoms with Crippen LogP contribution < -0.4 is 14.8 Å². The molecule has 3 rings (SSSR count). The maximum absolute atomic E-state index is 13.0. The van der Waals surface area contributed by atoms with Crippen molar-refractivity contribution in [3.05, 3.63) is 53.8 Å². The Morgan fingerprint density at radius 3 is 2.61 bits per heavy atom. The smallest absolute Gasteiger partial charge is 0.244 e. The van der Waals surface area contributed by atoms with Gasteiger partial charge in [-0.3, -0.25) is 4.79 Å². The number of aromatic nitrogens is 4. The molecule has 0 aliphatic heterocycles. The number of rotatable bonds is 7. The first-order valence-electron chi connectivity index (χ1n) is 8.55. The fraction of sp³-hybridized carbons (Fsp3) is 0.263. The van der Waals surface area contributed by atoms with Crippen molar-refractivity contribution in [2.24, 2.45) is 0 Å². The first-order valence-corrected chi connectivity index (χ1v) is 8.55. The molecule has 0 saturated carbocycles. The molecular weight excluding hydrogens is 365 g/mol. The Bertz CT molecular complexity index is 958. The van der Waals surface area contributed by atoms with E-state index in [1.807, 2.05) is 13.0 Å². The average molecular weight is 385 g/mol. The highest BCUT2D eigenvalue weighted by Gasteiger charge is 2.16. The zero-order valence-corrected chi connectivity index (χ0v) is 15.7. The highest BCUT2D eigenvalue weighted by molar-refractivity contribution is 5.76. The van der Waals surface area contributed by atoms with Crippen LogP contribution in [-0.4, -0.2) is 40.3 Å². The first kappa shape index (κ1) is 19.3. The molecular formula is C19H20FN5O3. The quantitative estimate of drug-likeness (QED) is 0.671. The third-order valence-electron chi connectivity index (χ3n) is 4.12. The van der Waals surface area contributed by atoms with E-state index in [0.717, 1.165) is 5.56 Å². The number of halogens is 1. The number of methoxy groups -OCH3 is 2. The lowest BCUT2D eigenvalue weighted by Crippen LogP contribution is -2.31. The summed E-state index contributed by atoms with van der Waals surface area (Å²) in [5.41, 5.74) is 1.40. The normalized spacial score (nSPS) is 11.7. The highest BCUT2D eigenvalue weighted by Crippen LogP contribution is 2.29. The van der Waals surface area contributed by atoms with Crippen LogP contribution in [0.15, 0.2) is 42.5 Å². The van der Waals surface area contributed by atoms with E-state index in [2.05, 4.69) is 20.7 Å². The number of tetrazole rings is 1. The Kier molecular flexibility index (Phi) is 5.83. The van der Waals surface area contributed by atoms with Crippen LogP contribution in [0.5, 0.6) is 11.5 Å². The molecule has 1 N–H and O–H groups in total. The van der Waals surface area contributed by atoms with Crippen molar-refractivity contribution in [3.63, 3.8) is 0 Å². The molecule has 1 amide bonds. The molecule has 1 atom stereocenters. The van der Waals surface area contributed by atoms with Gasteiger partial charge in [0.15, 0.2) is 0 Å². The van der Waals surface area contributed by atoms with Gasteiger partial charge in [0, 0.05) is 11.1 Å². The first-order chi connectivity index (χ1) is 13.5. The lowest BCUT2D eigenvalue weighted by molar-refractivity contribution is -0.122. The van der Waals surface area contributed by atoms with Crippen LogP contribution in [0.25, 0.3) is 11.4 Å². The summed E-state index contributed by atoms with van der Waals surface area (Å²) in [6.45, 7) is 1.73. The van der Waals surface area contributed by atoms with E-state index in [-0.39, 0.29) is 24.3 Å². The second-order valence-corrected chi connectivity index (χ2v) is 6.05. The number of benzene rings is 2. The number of carbonyl (C=O) groups is 1. The summed E-state index contributed by atoms with van der Waals surface area (Å²) in [5.74, 6) is 0.984. The zero-order valence-electron chi connectivity index (χ0n) is 15.7. The molecule has 8 nitrogen and oxygen atoms in total. The lowest BCUT2D eigenvalue weighted by atomic mass is 10.1. The summed E-state index contributed by atoms with van der Waals surface area (Å²) in [6, 6.07) is 10.8. The van der Waals surface area contributed by atoms with Crippen LogP contribution in [0.1, 0.15) is 18.5 Å². The minimum absolute atomic E-state index is 0.106. The molecule has 28 heavy (non-hydrogen) atoms. The zero-order chi connectivity index (χ0) is 20.1. The summed E-state index contributed by atoms with van der Waals surface area (Å²) in [6.07, 6.45) is 0. The van der Waals surface area contributed by atoms with E-state index in [9.17, 15) is 9.18 Å². The summed E-state index contributed by atoms with van der Waals surface area (Å²) in [7, 11) is 3.14. The van der Waals surface area contributed by atoms with E-state index in [1.165, 1.54) is 16.9 Å². The van der Waals surface area contributed by atoms with Crippen LogP contribution in [0.2, 0.25) is 0 Å². The third-order valence-corrected chi connectivity index (χ3v) is 4.12. The molecule has 9 heteroatoms. The van der Waals surface area contributed by atoms with Crippen molar-refractivity contribution in [2.45, 2.75) is 19.5 Å². The minimum atomic E-state index is -0.350. The Hall–Kier alpha value is -3.49. The van der Waals surface area contributed by atoms with Crippen LogP contribution in [0, 0.1) is 5.82 Å². The van der Waals surface area contributed by atoms with Crippen molar-refractivity contribution >= 4 is 5.91 Å². The van der Waals surface area contributed by atoms with Gasteiger partial charge in [0.05, 0.1) is 20.3 Å². The largest absolute Gasteiger partial charge is 0.497 e. The molecule has 0 fully saturated rings. The summed E-state index contributed by atoms with van der Waals surface area (Å²) < 4.78 is 23.6. The predicted molar refractivity (Wildman–Crippen MR) is 99.3 cm³/mol. The molecule has 3 aromatic rings. The average Bonchev–Trinajstić information content (AvgIpc) is 3.16. The van der Waals surface area contributed by atoms with Crippen molar-refractivity contribution in [3.8, 4) is 22.9 Å². The van der Waals surface area contributed by atoms with Gasteiger partial charge in [0.2, 0.25) is 11.7 Å². The van der Waals surface area contributed by atoms with Crippen molar-refractivity contribution in [2.75, 3.05) is 14.2 Å². The lowest BCUT2D eigenvalue weighted by Gasteiger charge is -2.18. The molecule has 0 saturated heterocycles. The van der Waals surface area contributed by atoms with Gasteiger partial charge in [-0.2, -0.15) is 4.80 Å². The molecule has 0 radical (unpaired) electrons. The van der Waals surface area contributed by atoms with E-state index in [1.54, 1.807) is 38.5 Å². The topological polar surface area (TPSA) is 91.2 Å². The van der Waals surface area contributed by atoms with Gasteiger partial charge in [0.25, 0.3) is 0 Å². The van der Waals surface area contributed by atoms with Crippen molar-refractivity contribution in [1.82, 2.24) is 25.5 Å². The second kappa shape index (κ2) is 8.47. The fourth-order valence-electron chi connectivity index (χ4n) is 2.70. The van der Waals surface area contributed by atoms with Crippen molar-refractivity contribution in [1.29, 1.82) is 0 Å². The minimum Gasteiger partial charge on any atom is -0.497 e. The Morgan fingerprint density at radius 1 is 1.18 bits per heavy atom. The number of hydrogen-bond donors (Lipinski definition) is 1. The Labute approximate surface area is 161 Å². The molecule has 0 unspecified atom stereocenters. The van der Waals surface area contributed by atoms with Gasteiger partial charge < -0.3 is 14.8 Å². The Morgan fingerprint density at radius 2 is 1.93 bits per heavy atom. The van der Waals surface area contributed by atoms with Gasteiger partial charge in [-0.25, -0.2) is 4.39 Å². The standard InChI is InChI=1S/C19H20FN5O3/c1-12(16-10-15(27-2)8-9-17(16)28-3)21-18(26)11-25-23-19(22-24-25)13-4-6-14(20)7-5-13/h4-10,12H,11H2,1-3H3,(H,21,26)/t12-/m1/s1. The SMILES string of the molecule is COc1ccc(OC)c([C@@H](C)NC(=O)Cn2nnc(-c3ccc(F)cc3)n2)c1. The van der Waals surface area contributed by atoms with E-state index in [0.29, 0.717) is 22.9 Å². The molecule has 0 aliphatic carbocycles. The molecule has 1 aromatic heterocycles. The molecule has 2 aromatic carbocycles. The highest BCUT2D eigenvalue weighted by atomic mass is 19.1. The molecule has 0 aliphatic rings. The molecule has 0 spiro atoms. The number of ether oxygens (including phenoxy) is 2. The maximum atomic E-state index is 13.0. The van der Waals surface area contributed by atoms with Gasteiger partial charge in [-0.1, -0.05) is 0 Å². The number of amides is 1. The predicted octanol–water partition coefficient (Wildman–Crippen LogP) is 2.37. The summed E-state index contributed by atoms with van der Waals surface area (Å²) in [5, 5.41) is 14.8. The summed E-state index contributed by atoms with van der Waals surface area (Å²) >= 11 is 0. The number of hydrogen-bond acceptors (Lipinski definition) is 6. The van der Waals surface area contributed by atoms with Crippen LogP contribution in [-0.2, 0) is 11.3 Å². The van der Waals surface area contributed by atoms with Crippen molar-refractivity contribution < 1.29 is 18.7 Å². The number of nitrogens with one attached hydrogen (secondary N) is 1. The second-order valence-electron chi connectivity index (χ2n) is 6.05. The molecule has 146 valence electrons. The fourth-order valence-corrected chi connectivity index (χ4v) is 2.70. The summed E-state index contributed by atoms with van der Waals surface area (Å²) in [4.78, 5) is 13.6. The van der Waals surface area contributed by atoms with Crippen LogP contribution in [0.3, 0.4) is 0 Å². The van der Waals surface area contributed by atoms with Gasteiger partial charge in [0.1, 0.15) is 23.9 Å². The van der Waals surface area contributed by atoms with Crippen LogP contribution in [0.4, 0.5) is 4.39 Å². The Balaban J connectivity index is 1.67. The monoisotopic (exact) mass is 385 g/mol. The maximum Gasteiger partial charge on any atom is 0.244 e. The van der Waals surface area contributed by atoms with E-state index >= 15 is 0 Å².